The Morgan fingerprint density at radius 1 is 1.09 bits per heavy atom. The van der Waals surface area contributed by atoms with Gasteiger partial charge in [-0.25, -0.2) is 0 Å². The second-order valence-corrected chi connectivity index (χ2v) is 7.76. The van der Waals surface area contributed by atoms with Crippen LogP contribution in [0.1, 0.15) is 64.5 Å². The molecule has 1 aliphatic rings. The molecule has 1 heterocycles. The van der Waals surface area contributed by atoms with Crippen LogP contribution in [0.25, 0.3) is 0 Å². The van der Waals surface area contributed by atoms with E-state index in [-0.39, 0.29) is 5.97 Å². The van der Waals surface area contributed by atoms with E-state index in [4.69, 9.17) is 4.74 Å². The lowest BCUT2D eigenvalue weighted by Gasteiger charge is -2.34. The van der Waals surface area contributed by atoms with Crippen molar-refractivity contribution in [2.45, 2.75) is 59.0 Å². The summed E-state index contributed by atoms with van der Waals surface area (Å²) >= 11 is 0. The van der Waals surface area contributed by atoms with E-state index in [0.717, 1.165) is 31.5 Å². The van der Waals surface area contributed by atoms with Crippen LogP contribution in [0.3, 0.4) is 0 Å². The first kappa shape index (κ1) is 17.0. The Morgan fingerprint density at radius 3 is 2.27 bits per heavy atom. The summed E-state index contributed by atoms with van der Waals surface area (Å²) in [6.07, 6.45) is 2.28. The minimum atomic E-state index is -0.605. The highest BCUT2D eigenvalue weighted by molar-refractivity contribution is 5.76. The zero-order valence-corrected chi connectivity index (χ0v) is 14.5. The molecule has 122 valence electrons. The number of benzene rings is 1. The molecule has 2 rings (SSSR count). The molecule has 1 aliphatic heterocycles. The van der Waals surface area contributed by atoms with Gasteiger partial charge in [-0.1, -0.05) is 24.3 Å². The van der Waals surface area contributed by atoms with Gasteiger partial charge < -0.3 is 10.1 Å². The SMILES string of the molecule is CC(C)(C)C(=O)OC(C)(C)c1ccccc1C1CCNCC1. The van der Waals surface area contributed by atoms with Gasteiger partial charge in [-0.15, -0.1) is 0 Å². The predicted octanol–water partition coefficient (Wildman–Crippen LogP) is 3.98. The maximum Gasteiger partial charge on any atom is 0.312 e. The van der Waals surface area contributed by atoms with Crippen LogP contribution in [0.5, 0.6) is 0 Å². The van der Waals surface area contributed by atoms with E-state index < -0.39 is 11.0 Å². The lowest BCUT2D eigenvalue weighted by Crippen LogP contribution is -2.34. The number of carbonyl (C=O) groups is 1. The molecule has 3 nitrogen and oxygen atoms in total. The second-order valence-electron chi connectivity index (χ2n) is 7.76. The third-order valence-corrected chi connectivity index (χ3v) is 4.35. The fraction of sp³-hybridized carbons (Fsp3) is 0.632. The lowest BCUT2D eigenvalue weighted by molar-refractivity contribution is -0.167. The van der Waals surface area contributed by atoms with Crippen molar-refractivity contribution in [2.24, 2.45) is 5.41 Å². The Hall–Kier alpha value is -1.35. The molecule has 0 radical (unpaired) electrons. The molecule has 1 aromatic rings. The lowest BCUT2D eigenvalue weighted by atomic mass is 9.82. The standard InChI is InChI=1S/C19H29NO2/c1-18(2,3)17(21)22-19(4,5)16-9-7-6-8-15(16)14-10-12-20-13-11-14/h6-9,14,20H,10-13H2,1-5H3. The maximum atomic E-state index is 12.3. The second kappa shape index (κ2) is 6.41. The van der Waals surface area contributed by atoms with Gasteiger partial charge in [0.05, 0.1) is 5.41 Å². The van der Waals surface area contributed by atoms with Crippen molar-refractivity contribution in [3.8, 4) is 0 Å². The fourth-order valence-corrected chi connectivity index (χ4v) is 2.97. The van der Waals surface area contributed by atoms with Crippen molar-refractivity contribution < 1.29 is 9.53 Å². The van der Waals surface area contributed by atoms with Crippen LogP contribution in [0.4, 0.5) is 0 Å². The molecule has 1 N–H and O–H groups in total. The smallest absolute Gasteiger partial charge is 0.312 e. The Kier molecular flexibility index (Phi) is 4.96. The summed E-state index contributed by atoms with van der Waals surface area (Å²) < 4.78 is 5.87. The molecule has 1 saturated heterocycles. The van der Waals surface area contributed by atoms with E-state index in [1.54, 1.807) is 0 Å². The zero-order valence-electron chi connectivity index (χ0n) is 14.5. The highest BCUT2D eigenvalue weighted by Crippen LogP contribution is 2.36. The number of hydrogen-bond donors (Lipinski definition) is 1. The molecule has 1 aromatic carbocycles. The molecule has 0 atom stereocenters. The third-order valence-electron chi connectivity index (χ3n) is 4.35. The summed E-state index contributed by atoms with van der Waals surface area (Å²) in [5.74, 6) is 0.391. The summed E-state index contributed by atoms with van der Waals surface area (Å²) in [7, 11) is 0. The van der Waals surface area contributed by atoms with Gasteiger partial charge >= 0.3 is 5.97 Å². The van der Waals surface area contributed by atoms with Gasteiger partial charge in [0, 0.05) is 0 Å². The Labute approximate surface area is 134 Å². The summed E-state index contributed by atoms with van der Waals surface area (Å²) in [6, 6.07) is 8.42. The van der Waals surface area contributed by atoms with Crippen molar-refractivity contribution in [3.05, 3.63) is 35.4 Å². The summed E-state index contributed by atoms with van der Waals surface area (Å²) in [5.41, 5.74) is 1.38. The molecule has 0 saturated carbocycles. The highest BCUT2D eigenvalue weighted by atomic mass is 16.6. The van der Waals surface area contributed by atoms with Gasteiger partial charge in [0.1, 0.15) is 5.60 Å². The molecular weight excluding hydrogens is 274 g/mol. The van der Waals surface area contributed by atoms with E-state index in [2.05, 4.69) is 23.5 Å². The van der Waals surface area contributed by atoms with Crippen LogP contribution in [0.2, 0.25) is 0 Å². The molecule has 3 heteroatoms. The monoisotopic (exact) mass is 303 g/mol. The average molecular weight is 303 g/mol. The van der Waals surface area contributed by atoms with Gasteiger partial charge in [0.15, 0.2) is 0 Å². The Bertz CT molecular complexity index is 522. The number of hydrogen-bond acceptors (Lipinski definition) is 3. The van der Waals surface area contributed by atoms with Crippen LogP contribution in [0.15, 0.2) is 24.3 Å². The summed E-state index contributed by atoms with van der Waals surface area (Å²) in [5, 5.41) is 3.41. The first-order valence-electron chi connectivity index (χ1n) is 8.25. The molecule has 0 aromatic heterocycles. The first-order valence-corrected chi connectivity index (χ1v) is 8.25. The van der Waals surface area contributed by atoms with Crippen LogP contribution in [-0.4, -0.2) is 19.1 Å². The molecule has 0 bridgehead atoms. The van der Waals surface area contributed by atoms with Gasteiger partial charge in [0.25, 0.3) is 0 Å². The summed E-state index contributed by atoms with van der Waals surface area (Å²) in [6.45, 7) is 11.8. The maximum absolute atomic E-state index is 12.3. The highest BCUT2D eigenvalue weighted by Gasteiger charge is 2.34. The molecule has 0 spiro atoms. The minimum absolute atomic E-state index is 0.155. The van der Waals surface area contributed by atoms with E-state index in [9.17, 15) is 4.79 Å². The minimum Gasteiger partial charge on any atom is -0.454 e. The van der Waals surface area contributed by atoms with Crippen LogP contribution >= 0.6 is 0 Å². The zero-order chi connectivity index (χ0) is 16.4. The normalized spacial score (nSPS) is 17.3. The van der Waals surface area contributed by atoms with E-state index >= 15 is 0 Å². The van der Waals surface area contributed by atoms with Gasteiger partial charge in [0.2, 0.25) is 0 Å². The number of piperidine rings is 1. The third kappa shape index (κ3) is 3.89. The van der Waals surface area contributed by atoms with Crippen molar-refractivity contribution >= 4 is 5.97 Å². The molecule has 0 unspecified atom stereocenters. The van der Waals surface area contributed by atoms with Gasteiger partial charge in [-0.3, -0.25) is 4.79 Å². The van der Waals surface area contributed by atoms with Crippen LogP contribution in [-0.2, 0) is 15.1 Å². The van der Waals surface area contributed by atoms with Gasteiger partial charge in [-0.05, 0) is 77.6 Å². The molecule has 0 aliphatic carbocycles. The molecule has 22 heavy (non-hydrogen) atoms. The van der Waals surface area contributed by atoms with Crippen LogP contribution < -0.4 is 5.32 Å². The van der Waals surface area contributed by atoms with Crippen molar-refractivity contribution in [1.29, 1.82) is 0 Å². The number of esters is 1. The number of carbonyl (C=O) groups excluding carboxylic acids is 1. The number of nitrogens with one attached hydrogen (secondary N) is 1. The average Bonchev–Trinajstić information content (AvgIpc) is 2.47. The molecule has 0 amide bonds. The number of ether oxygens (including phenoxy) is 1. The van der Waals surface area contributed by atoms with E-state index in [1.807, 2.05) is 40.7 Å². The number of rotatable bonds is 3. The van der Waals surface area contributed by atoms with Crippen molar-refractivity contribution in [2.75, 3.05) is 13.1 Å². The largest absolute Gasteiger partial charge is 0.454 e. The predicted molar refractivity (Wildman–Crippen MR) is 89.9 cm³/mol. The van der Waals surface area contributed by atoms with E-state index in [1.165, 1.54) is 5.56 Å². The van der Waals surface area contributed by atoms with Crippen LogP contribution in [0, 0.1) is 5.41 Å². The fourth-order valence-electron chi connectivity index (χ4n) is 2.97. The topological polar surface area (TPSA) is 38.3 Å². The Morgan fingerprint density at radius 2 is 1.68 bits per heavy atom. The summed E-state index contributed by atoms with van der Waals surface area (Å²) in [4.78, 5) is 12.3. The van der Waals surface area contributed by atoms with Crippen molar-refractivity contribution in [3.63, 3.8) is 0 Å². The van der Waals surface area contributed by atoms with Gasteiger partial charge in [-0.2, -0.15) is 0 Å². The molecular formula is C19H29NO2. The molecule has 1 fully saturated rings. The quantitative estimate of drug-likeness (QED) is 0.858. The van der Waals surface area contributed by atoms with Crippen molar-refractivity contribution in [1.82, 2.24) is 5.32 Å². The Balaban J connectivity index is 2.28. The van der Waals surface area contributed by atoms with E-state index in [0.29, 0.717) is 5.92 Å². The first-order chi connectivity index (χ1) is 10.2.